The SMILES string of the molecule is CCC(CN)Cc1cccc(Cl)c1F. The summed E-state index contributed by atoms with van der Waals surface area (Å²) in [5, 5.41) is 0.189. The summed E-state index contributed by atoms with van der Waals surface area (Å²) in [6, 6.07) is 5.09. The zero-order valence-corrected chi connectivity index (χ0v) is 9.02. The maximum Gasteiger partial charge on any atom is 0.144 e. The summed E-state index contributed by atoms with van der Waals surface area (Å²) in [4.78, 5) is 0. The lowest BCUT2D eigenvalue weighted by molar-refractivity contribution is 0.500. The highest BCUT2D eigenvalue weighted by atomic mass is 35.5. The van der Waals surface area contributed by atoms with E-state index < -0.39 is 0 Å². The van der Waals surface area contributed by atoms with Gasteiger partial charge in [0, 0.05) is 0 Å². The minimum Gasteiger partial charge on any atom is -0.330 e. The van der Waals surface area contributed by atoms with Crippen LogP contribution < -0.4 is 5.73 Å². The van der Waals surface area contributed by atoms with Gasteiger partial charge in [-0.3, -0.25) is 0 Å². The van der Waals surface area contributed by atoms with E-state index in [1.165, 1.54) is 0 Å². The van der Waals surface area contributed by atoms with Crippen LogP contribution in [0.3, 0.4) is 0 Å². The van der Waals surface area contributed by atoms with Crippen molar-refractivity contribution in [2.75, 3.05) is 6.54 Å². The highest BCUT2D eigenvalue weighted by molar-refractivity contribution is 6.30. The topological polar surface area (TPSA) is 26.0 Å². The van der Waals surface area contributed by atoms with E-state index in [4.69, 9.17) is 17.3 Å². The standard InChI is InChI=1S/C11H15ClFN/c1-2-8(7-14)6-9-4-3-5-10(12)11(9)13/h3-5,8H,2,6-7,14H2,1H3. The molecule has 1 aromatic carbocycles. The molecule has 0 aliphatic rings. The van der Waals surface area contributed by atoms with Crippen molar-refractivity contribution in [3.05, 3.63) is 34.6 Å². The summed E-state index contributed by atoms with van der Waals surface area (Å²) in [5.74, 6) is 0.0315. The summed E-state index contributed by atoms with van der Waals surface area (Å²) >= 11 is 5.68. The molecule has 0 fully saturated rings. The molecule has 0 bridgehead atoms. The zero-order chi connectivity index (χ0) is 10.6. The second-order valence-corrected chi connectivity index (χ2v) is 3.83. The summed E-state index contributed by atoms with van der Waals surface area (Å²) < 4.78 is 13.5. The third-order valence-corrected chi connectivity index (χ3v) is 2.74. The Balaban J connectivity index is 2.80. The fraction of sp³-hybridized carbons (Fsp3) is 0.455. The Morgan fingerprint density at radius 3 is 2.79 bits per heavy atom. The molecule has 0 heterocycles. The molecule has 0 amide bonds. The van der Waals surface area contributed by atoms with E-state index in [-0.39, 0.29) is 10.8 Å². The van der Waals surface area contributed by atoms with Crippen LogP contribution in [-0.4, -0.2) is 6.54 Å². The van der Waals surface area contributed by atoms with E-state index in [2.05, 4.69) is 6.92 Å². The summed E-state index contributed by atoms with van der Waals surface area (Å²) in [6.45, 7) is 2.64. The number of rotatable bonds is 4. The van der Waals surface area contributed by atoms with E-state index in [9.17, 15) is 4.39 Å². The number of nitrogens with two attached hydrogens (primary N) is 1. The van der Waals surface area contributed by atoms with Crippen LogP contribution in [0.5, 0.6) is 0 Å². The number of halogens is 2. The first-order valence-corrected chi connectivity index (χ1v) is 5.19. The van der Waals surface area contributed by atoms with Crippen molar-refractivity contribution < 1.29 is 4.39 Å². The Kier molecular flexibility index (Phi) is 4.36. The Labute approximate surface area is 89.1 Å². The third-order valence-electron chi connectivity index (χ3n) is 2.45. The lowest BCUT2D eigenvalue weighted by Crippen LogP contribution is -2.16. The average Bonchev–Trinajstić information content (AvgIpc) is 2.20. The Hall–Kier alpha value is -0.600. The first-order chi connectivity index (χ1) is 6.69. The van der Waals surface area contributed by atoms with Gasteiger partial charge in [-0.05, 0) is 30.5 Å². The van der Waals surface area contributed by atoms with Gasteiger partial charge in [0.1, 0.15) is 5.82 Å². The van der Waals surface area contributed by atoms with Gasteiger partial charge < -0.3 is 5.73 Å². The van der Waals surface area contributed by atoms with Crippen LogP contribution in [0.4, 0.5) is 4.39 Å². The summed E-state index contributed by atoms with van der Waals surface area (Å²) in [6.07, 6.45) is 1.63. The smallest absolute Gasteiger partial charge is 0.144 e. The monoisotopic (exact) mass is 215 g/mol. The predicted molar refractivity (Wildman–Crippen MR) is 57.9 cm³/mol. The second kappa shape index (κ2) is 5.32. The minimum atomic E-state index is -0.305. The molecule has 0 aliphatic carbocycles. The normalized spacial score (nSPS) is 12.9. The molecule has 1 atom stereocenters. The van der Waals surface area contributed by atoms with Crippen LogP contribution in [0, 0.1) is 11.7 Å². The molecular formula is C11H15ClFN. The molecular weight excluding hydrogens is 201 g/mol. The molecule has 0 spiro atoms. The highest BCUT2D eigenvalue weighted by Crippen LogP contribution is 2.21. The van der Waals surface area contributed by atoms with Crippen molar-refractivity contribution >= 4 is 11.6 Å². The summed E-state index contributed by atoms with van der Waals surface area (Å²) in [7, 11) is 0. The predicted octanol–water partition coefficient (Wildman–Crippen LogP) is 3.01. The molecule has 1 unspecified atom stereocenters. The van der Waals surface area contributed by atoms with Crippen LogP contribution in [0.2, 0.25) is 5.02 Å². The number of hydrogen-bond donors (Lipinski definition) is 1. The van der Waals surface area contributed by atoms with E-state index >= 15 is 0 Å². The lowest BCUT2D eigenvalue weighted by atomic mass is 9.97. The molecule has 1 nitrogen and oxygen atoms in total. The van der Waals surface area contributed by atoms with Crippen LogP contribution in [0.1, 0.15) is 18.9 Å². The van der Waals surface area contributed by atoms with Gasteiger partial charge >= 0.3 is 0 Å². The van der Waals surface area contributed by atoms with Crippen molar-refractivity contribution in [3.8, 4) is 0 Å². The zero-order valence-electron chi connectivity index (χ0n) is 8.26. The molecule has 0 aromatic heterocycles. The van der Waals surface area contributed by atoms with Crippen LogP contribution in [-0.2, 0) is 6.42 Å². The quantitative estimate of drug-likeness (QED) is 0.821. The van der Waals surface area contributed by atoms with E-state index in [1.807, 2.05) is 0 Å². The van der Waals surface area contributed by atoms with Gasteiger partial charge in [0.15, 0.2) is 0 Å². The molecule has 14 heavy (non-hydrogen) atoms. The van der Waals surface area contributed by atoms with Gasteiger partial charge in [-0.15, -0.1) is 0 Å². The van der Waals surface area contributed by atoms with Crippen molar-refractivity contribution in [1.82, 2.24) is 0 Å². The van der Waals surface area contributed by atoms with Gasteiger partial charge in [-0.1, -0.05) is 37.1 Å². The molecule has 1 aromatic rings. The first-order valence-electron chi connectivity index (χ1n) is 4.82. The fourth-order valence-corrected chi connectivity index (χ4v) is 1.61. The molecule has 0 saturated heterocycles. The maximum absolute atomic E-state index is 13.5. The molecule has 78 valence electrons. The fourth-order valence-electron chi connectivity index (χ4n) is 1.41. The van der Waals surface area contributed by atoms with E-state index in [1.54, 1.807) is 18.2 Å². The third kappa shape index (κ3) is 2.69. The Morgan fingerprint density at radius 2 is 2.21 bits per heavy atom. The van der Waals surface area contributed by atoms with Gasteiger partial charge in [0.25, 0.3) is 0 Å². The number of hydrogen-bond acceptors (Lipinski definition) is 1. The largest absolute Gasteiger partial charge is 0.330 e. The molecule has 0 aliphatic heterocycles. The Bertz CT molecular complexity index is 297. The van der Waals surface area contributed by atoms with Crippen molar-refractivity contribution in [3.63, 3.8) is 0 Å². The van der Waals surface area contributed by atoms with E-state index in [0.717, 1.165) is 6.42 Å². The Morgan fingerprint density at radius 1 is 1.50 bits per heavy atom. The molecule has 1 rings (SSSR count). The molecule has 0 radical (unpaired) electrons. The minimum absolute atomic E-state index is 0.189. The number of benzene rings is 1. The van der Waals surface area contributed by atoms with E-state index in [0.29, 0.717) is 24.4 Å². The molecule has 0 saturated carbocycles. The first kappa shape index (κ1) is 11.5. The van der Waals surface area contributed by atoms with Crippen molar-refractivity contribution in [2.24, 2.45) is 11.7 Å². The van der Waals surface area contributed by atoms with Gasteiger partial charge in [-0.2, -0.15) is 0 Å². The molecule has 2 N–H and O–H groups in total. The second-order valence-electron chi connectivity index (χ2n) is 3.43. The maximum atomic E-state index is 13.5. The van der Waals surface area contributed by atoms with Crippen LogP contribution >= 0.6 is 11.6 Å². The lowest BCUT2D eigenvalue weighted by Gasteiger charge is -2.12. The van der Waals surface area contributed by atoms with Gasteiger partial charge in [0.05, 0.1) is 5.02 Å². The van der Waals surface area contributed by atoms with Gasteiger partial charge in [0.2, 0.25) is 0 Å². The van der Waals surface area contributed by atoms with Crippen molar-refractivity contribution in [2.45, 2.75) is 19.8 Å². The van der Waals surface area contributed by atoms with Crippen molar-refractivity contribution in [1.29, 1.82) is 0 Å². The summed E-state index contributed by atoms with van der Waals surface area (Å²) in [5.41, 5.74) is 6.23. The van der Waals surface area contributed by atoms with Crippen LogP contribution in [0.25, 0.3) is 0 Å². The van der Waals surface area contributed by atoms with Gasteiger partial charge in [-0.25, -0.2) is 4.39 Å². The van der Waals surface area contributed by atoms with Crippen LogP contribution in [0.15, 0.2) is 18.2 Å². The molecule has 3 heteroatoms. The highest BCUT2D eigenvalue weighted by Gasteiger charge is 2.10. The average molecular weight is 216 g/mol.